The summed E-state index contributed by atoms with van der Waals surface area (Å²) < 4.78 is 26.6. The first kappa shape index (κ1) is 17.9. The minimum Gasteiger partial charge on any atom is -0.354 e. The van der Waals surface area contributed by atoms with Gasteiger partial charge < -0.3 is 9.88 Å². The third kappa shape index (κ3) is 3.96. The number of nitrogens with one attached hydrogen (secondary N) is 3. The van der Waals surface area contributed by atoms with Gasteiger partial charge in [0, 0.05) is 31.2 Å². The van der Waals surface area contributed by atoms with E-state index in [1.54, 1.807) is 6.20 Å². The predicted molar refractivity (Wildman–Crippen MR) is 103 cm³/mol. The summed E-state index contributed by atoms with van der Waals surface area (Å²) in [6.45, 7) is 4.64. The Balaban J connectivity index is 1.55. The molecule has 2 aromatic heterocycles. The second kappa shape index (κ2) is 6.93. The van der Waals surface area contributed by atoms with Crippen LogP contribution in [0, 0.1) is 5.92 Å². The summed E-state index contributed by atoms with van der Waals surface area (Å²) in [7, 11) is -3.37. The molecule has 27 heavy (non-hydrogen) atoms. The van der Waals surface area contributed by atoms with Crippen LogP contribution in [0.5, 0.6) is 0 Å². The lowest BCUT2D eigenvalue weighted by Crippen LogP contribution is -2.38. The Morgan fingerprint density at radius 3 is 2.93 bits per heavy atom. The monoisotopic (exact) mass is 390 g/mol. The summed E-state index contributed by atoms with van der Waals surface area (Å²) in [5.41, 5.74) is 0.641. The number of nitrogens with zero attached hydrogens (tertiary/aromatic N) is 3. The molecule has 0 radical (unpaired) electrons. The second-order valence-corrected chi connectivity index (χ2v) is 8.79. The SMILES string of the molecule is C=CCS(=O)(=O)NC1CCN(c2nc(NC(=O)C3CC3)nc3[nH]ccc23)C1. The molecule has 0 spiro atoms. The number of sulfonamides is 1. The molecule has 1 saturated heterocycles. The zero-order valence-corrected chi connectivity index (χ0v) is 15.6. The number of carbonyl (C=O) groups is 1. The lowest BCUT2D eigenvalue weighted by Gasteiger charge is -2.19. The minimum atomic E-state index is -3.37. The van der Waals surface area contributed by atoms with Crippen molar-refractivity contribution < 1.29 is 13.2 Å². The molecule has 1 amide bonds. The Bertz CT molecular complexity index is 982. The number of hydrogen-bond donors (Lipinski definition) is 3. The van der Waals surface area contributed by atoms with Crippen LogP contribution in [-0.2, 0) is 14.8 Å². The van der Waals surface area contributed by atoms with Crippen LogP contribution >= 0.6 is 0 Å². The van der Waals surface area contributed by atoms with Gasteiger partial charge >= 0.3 is 0 Å². The Hall–Kier alpha value is -2.46. The lowest BCUT2D eigenvalue weighted by atomic mass is 10.3. The van der Waals surface area contributed by atoms with Crippen LogP contribution < -0.4 is 14.9 Å². The molecule has 3 N–H and O–H groups in total. The molecule has 1 unspecified atom stereocenters. The molecule has 10 heteroatoms. The molecule has 9 nitrogen and oxygen atoms in total. The molecular weight excluding hydrogens is 368 g/mol. The van der Waals surface area contributed by atoms with E-state index in [1.807, 2.05) is 11.0 Å². The molecular formula is C17H22N6O3S. The zero-order valence-electron chi connectivity index (χ0n) is 14.8. The van der Waals surface area contributed by atoms with Crippen LogP contribution in [0.4, 0.5) is 11.8 Å². The number of H-pyrrole nitrogens is 1. The molecule has 3 heterocycles. The van der Waals surface area contributed by atoms with Crippen LogP contribution in [0.2, 0.25) is 0 Å². The maximum atomic E-state index is 12.1. The Labute approximate surface area is 157 Å². The third-order valence-electron chi connectivity index (χ3n) is 4.75. The average molecular weight is 390 g/mol. The van der Waals surface area contributed by atoms with E-state index in [0.29, 0.717) is 31.0 Å². The van der Waals surface area contributed by atoms with Crippen molar-refractivity contribution in [3.8, 4) is 0 Å². The van der Waals surface area contributed by atoms with Crippen molar-refractivity contribution in [2.45, 2.75) is 25.3 Å². The van der Waals surface area contributed by atoms with E-state index in [-0.39, 0.29) is 29.6 Å². The second-order valence-electron chi connectivity index (χ2n) is 6.99. The number of aromatic amines is 1. The van der Waals surface area contributed by atoms with E-state index >= 15 is 0 Å². The average Bonchev–Trinajstić information content (AvgIpc) is 3.19. The molecule has 1 aliphatic heterocycles. The first-order valence-corrected chi connectivity index (χ1v) is 10.6. The Kier molecular flexibility index (Phi) is 4.60. The van der Waals surface area contributed by atoms with Gasteiger partial charge in [-0.25, -0.2) is 13.1 Å². The highest BCUT2D eigenvalue weighted by Crippen LogP contribution is 2.31. The molecule has 4 rings (SSSR count). The van der Waals surface area contributed by atoms with Gasteiger partial charge in [0.15, 0.2) is 0 Å². The normalized spacial score (nSPS) is 20.1. The first-order valence-electron chi connectivity index (χ1n) is 8.97. The smallest absolute Gasteiger partial charge is 0.233 e. The van der Waals surface area contributed by atoms with E-state index in [2.05, 4.69) is 31.6 Å². The summed E-state index contributed by atoms with van der Waals surface area (Å²) in [5, 5.41) is 3.63. The van der Waals surface area contributed by atoms with Crippen molar-refractivity contribution in [1.29, 1.82) is 0 Å². The molecule has 144 valence electrons. The summed E-state index contributed by atoms with van der Waals surface area (Å²) in [6.07, 6.45) is 5.63. The predicted octanol–water partition coefficient (Wildman–Crippen LogP) is 0.990. The minimum absolute atomic E-state index is 0.0525. The van der Waals surface area contributed by atoms with Crippen molar-refractivity contribution in [1.82, 2.24) is 19.7 Å². The Morgan fingerprint density at radius 2 is 2.19 bits per heavy atom. The van der Waals surface area contributed by atoms with E-state index in [1.165, 1.54) is 6.08 Å². The van der Waals surface area contributed by atoms with Crippen LogP contribution in [0.15, 0.2) is 24.9 Å². The molecule has 1 saturated carbocycles. The van der Waals surface area contributed by atoms with Gasteiger partial charge in [-0.1, -0.05) is 6.08 Å². The maximum absolute atomic E-state index is 12.1. The van der Waals surface area contributed by atoms with Gasteiger partial charge in [0.2, 0.25) is 21.9 Å². The van der Waals surface area contributed by atoms with Crippen LogP contribution in [0.3, 0.4) is 0 Å². The molecule has 2 fully saturated rings. The number of carbonyl (C=O) groups excluding carboxylic acids is 1. The summed E-state index contributed by atoms with van der Waals surface area (Å²) in [4.78, 5) is 26.0. The lowest BCUT2D eigenvalue weighted by molar-refractivity contribution is -0.117. The number of fused-ring (bicyclic) bond motifs is 1. The van der Waals surface area contributed by atoms with Gasteiger partial charge in [-0.15, -0.1) is 6.58 Å². The van der Waals surface area contributed by atoms with Gasteiger partial charge in [-0.05, 0) is 25.3 Å². The summed E-state index contributed by atoms with van der Waals surface area (Å²) in [6, 6.07) is 1.69. The molecule has 0 aromatic carbocycles. The van der Waals surface area contributed by atoms with Gasteiger partial charge in [-0.2, -0.15) is 9.97 Å². The van der Waals surface area contributed by atoms with Crippen LogP contribution in [0.25, 0.3) is 11.0 Å². The number of anilines is 2. The fourth-order valence-corrected chi connectivity index (χ4v) is 4.39. The van der Waals surface area contributed by atoms with Crippen LogP contribution in [-0.4, -0.2) is 54.2 Å². The van der Waals surface area contributed by atoms with Crippen molar-refractivity contribution in [2.24, 2.45) is 5.92 Å². The van der Waals surface area contributed by atoms with Crippen molar-refractivity contribution in [3.63, 3.8) is 0 Å². The third-order valence-corrected chi connectivity index (χ3v) is 6.12. The van der Waals surface area contributed by atoms with E-state index in [0.717, 1.165) is 18.2 Å². The highest BCUT2D eigenvalue weighted by atomic mass is 32.2. The van der Waals surface area contributed by atoms with Crippen molar-refractivity contribution in [3.05, 3.63) is 24.9 Å². The summed E-state index contributed by atoms with van der Waals surface area (Å²) in [5.74, 6) is 0.872. The van der Waals surface area contributed by atoms with Gasteiger partial charge in [0.1, 0.15) is 11.5 Å². The number of amides is 1. The fraction of sp³-hybridized carbons (Fsp3) is 0.471. The van der Waals surface area contributed by atoms with E-state index in [4.69, 9.17) is 0 Å². The first-order chi connectivity index (χ1) is 12.9. The summed E-state index contributed by atoms with van der Waals surface area (Å²) >= 11 is 0. The number of aromatic nitrogens is 3. The topological polar surface area (TPSA) is 120 Å². The van der Waals surface area contributed by atoms with Crippen molar-refractivity contribution in [2.75, 3.05) is 29.1 Å². The molecule has 0 bridgehead atoms. The standard InChI is InChI=1S/C17H22N6O3S/c1-2-9-27(25,26)22-12-6-8-23(10-12)15-13-5-7-18-14(13)19-17(20-15)21-16(24)11-3-4-11/h2,5,7,11-12,22H,1,3-4,6,8-10H2,(H2,18,19,20,21,24). The Morgan fingerprint density at radius 1 is 1.37 bits per heavy atom. The largest absolute Gasteiger partial charge is 0.354 e. The van der Waals surface area contributed by atoms with E-state index < -0.39 is 10.0 Å². The van der Waals surface area contributed by atoms with E-state index in [9.17, 15) is 13.2 Å². The molecule has 2 aliphatic rings. The molecule has 1 aliphatic carbocycles. The highest BCUT2D eigenvalue weighted by Gasteiger charge is 2.31. The molecule has 1 atom stereocenters. The number of hydrogen-bond acceptors (Lipinski definition) is 6. The van der Waals surface area contributed by atoms with Gasteiger partial charge in [-0.3, -0.25) is 10.1 Å². The van der Waals surface area contributed by atoms with Crippen LogP contribution in [0.1, 0.15) is 19.3 Å². The highest BCUT2D eigenvalue weighted by molar-refractivity contribution is 7.89. The van der Waals surface area contributed by atoms with Gasteiger partial charge in [0.25, 0.3) is 0 Å². The molecule has 2 aromatic rings. The van der Waals surface area contributed by atoms with Crippen molar-refractivity contribution >= 4 is 38.7 Å². The maximum Gasteiger partial charge on any atom is 0.233 e. The quantitative estimate of drug-likeness (QED) is 0.607. The fourth-order valence-electron chi connectivity index (χ4n) is 3.29. The zero-order chi connectivity index (χ0) is 19.0. The van der Waals surface area contributed by atoms with Gasteiger partial charge in [0.05, 0.1) is 11.1 Å². The number of rotatable bonds is 7.